The zero-order valence-corrected chi connectivity index (χ0v) is 20.8. The first-order valence-corrected chi connectivity index (χ1v) is 12.4. The summed E-state index contributed by atoms with van der Waals surface area (Å²) in [5.74, 6) is 0.428. The molecule has 3 heterocycles. The molecule has 2 atom stereocenters. The molecule has 2 unspecified atom stereocenters. The van der Waals surface area contributed by atoms with Gasteiger partial charge in [0.05, 0.1) is 12.3 Å². The predicted molar refractivity (Wildman–Crippen MR) is 131 cm³/mol. The zero-order chi connectivity index (χ0) is 24.9. The largest absolute Gasteiger partial charge is 0.494 e. The Morgan fingerprint density at radius 1 is 1.09 bits per heavy atom. The summed E-state index contributed by atoms with van der Waals surface area (Å²) in [5.41, 5.74) is 3.33. The average molecular weight is 482 g/mol. The second-order valence-corrected chi connectivity index (χ2v) is 9.63. The lowest BCUT2D eigenvalue weighted by molar-refractivity contribution is -0.135. The third-order valence-electron chi connectivity index (χ3n) is 7.00. The van der Waals surface area contributed by atoms with Crippen molar-refractivity contribution in [2.24, 2.45) is 13.0 Å². The fraction of sp³-hybridized carbons (Fsp3) is 0.538. The van der Waals surface area contributed by atoms with Crippen molar-refractivity contribution in [2.75, 3.05) is 19.7 Å². The van der Waals surface area contributed by atoms with Crippen molar-refractivity contribution in [3.05, 3.63) is 46.8 Å². The predicted octanol–water partition coefficient (Wildman–Crippen LogP) is 2.31. The first-order valence-electron chi connectivity index (χ1n) is 12.4. The van der Waals surface area contributed by atoms with Crippen molar-refractivity contribution >= 4 is 17.7 Å². The van der Waals surface area contributed by atoms with Crippen molar-refractivity contribution in [2.45, 2.75) is 58.5 Å². The number of rotatable bonds is 1. The van der Waals surface area contributed by atoms with Gasteiger partial charge in [0.2, 0.25) is 17.7 Å². The van der Waals surface area contributed by atoms with Crippen molar-refractivity contribution in [1.29, 1.82) is 0 Å². The summed E-state index contributed by atoms with van der Waals surface area (Å²) < 4.78 is 7.69. The Balaban J connectivity index is 1.58. The third-order valence-corrected chi connectivity index (χ3v) is 7.00. The number of aryl methyl sites for hydroxylation is 3. The van der Waals surface area contributed by atoms with E-state index in [-0.39, 0.29) is 30.6 Å². The molecule has 9 heteroatoms. The molecule has 0 spiro atoms. The van der Waals surface area contributed by atoms with E-state index >= 15 is 0 Å². The Morgan fingerprint density at radius 2 is 1.91 bits per heavy atom. The maximum atomic E-state index is 13.2. The van der Waals surface area contributed by atoms with Crippen LogP contribution in [0.3, 0.4) is 0 Å². The lowest BCUT2D eigenvalue weighted by Crippen LogP contribution is -2.42. The van der Waals surface area contributed by atoms with Crippen LogP contribution in [0.25, 0.3) is 0 Å². The maximum absolute atomic E-state index is 13.2. The van der Waals surface area contributed by atoms with Crippen LogP contribution in [-0.4, -0.2) is 52.1 Å². The summed E-state index contributed by atoms with van der Waals surface area (Å²) in [4.78, 5) is 40.7. The van der Waals surface area contributed by atoms with Crippen LogP contribution in [-0.2, 0) is 28.0 Å². The number of benzene rings is 1. The fourth-order valence-corrected chi connectivity index (χ4v) is 4.70. The topological polar surface area (TPSA) is 106 Å². The van der Waals surface area contributed by atoms with Crippen molar-refractivity contribution in [3.8, 4) is 5.75 Å². The molecule has 2 aliphatic rings. The maximum Gasteiger partial charge on any atom is 0.249 e. The molecule has 0 aliphatic carbocycles. The van der Waals surface area contributed by atoms with Gasteiger partial charge in [-0.1, -0.05) is 6.07 Å². The summed E-state index contributed by atoms with van der Waals surface area (Å²) in [6, 6.07) is 6.71. The van der Waals surface area contributed by atoms with Crippen LogP contribution in [0.2, 0.25) is 0 Å². The summed E-state index contributed by atoms with van der Waals surface area (Å²) in [5, 5.41) is 10.2. The van der Waals surface area contributed by atoms with E-state index in [1.807, 2.05) is 36.9 Å². The van der Waals surface area contributed by atoms with Crippen LogP contribution < -0.4 is 15.4 Å². The molecule has 1 saturated heterocycles. The number of nitrogens with one attached hydrogen (secondary N) is 2. The molecule has 3 amide bonds. The van der Waals surface area contributed by atoms with Crippen LogP contribution in [0, 0.1) is 19.8 Å². The molecule has 1 aromatic carbocycles. The molecule has 2 aliphatic heterocycles. The molecule has 0 radical (unpaired) electrons. The highest BCUT2D eigenvalue weighted by atomic mass is 16.5. The van der Waals surface area contributed by atoms with E-state index in [2.05, 4.69) is 15.7 Å². The Morgan fingerprint density at radius 3 is 2.69 bits per heavy atom. The molecule has 2 aromatic rings. The van der Waals surface area contributed by atoms with E-state index in [0.717, 1.165) is 48.4 Å². The average Bonchev–Trinajstić information content (AvgIpc) is 3.18. The summed E-state index contributed by atoms with van der Waals surface area (Å²) in [6.07, 6.45) is 3.05. The summed E-state index contributed by atoms with van der Waals surface area (Å²) in [6.45, 7) is 6.17. The number of amides is 3. The second kappa shape index (κ2) is 10.9. The van der Waals surface area contributed by atoms with Crippen LogP contribution in [0.4, 0.5) is 0 Å². The number of carbonyl (C=O) groups excluding carboxylic acids is 3. The highest BCUT2D eigenvalue weighted by Gasteiger charge is 2.28. The van der Waals surface area contributed by atoms with Crippen LogP contribution in [0.15, 0.2) is 24.3 Å². The van der Waals surface area contributed by atoms with Gasteiger partial charge in [-0.25, -0.2) is 0 Å². The minimum absolute atomic E-state index is 0.0234. The van der Waals surface area contributed by atoms with Gasteiger partial charge >= 0.3 is 0 Å². The third kappa shape index (κ3) is 6.21. The van der Waals surface area contributed by atoms with E-state index in [9.17, 15) is 14.4 Å². The lowest BCUT2D eigenvalue weighted by atomic mass is 9.95. The minimum atomic E-state index is -0.949. The first kappa shape index (κ1) is 24.8. The standard InChI is InChI=1S/C26H35N5O4/c1-17-6-7-21-14-20(17)15-27-26(34)25(22-13-18(2)30(3)29-22)28-23(32)8-9-24(33)31-11-4-5-19(16-31)10-12-35-21/h6-7,13-14,19,25H,4-5,8-12,15-16H2,1-3H3,(H,27,34)(H,28,32). The van der Waals surface area contributed by atoms with Gasteiger partial charge in [0.15, 0.2) is 6.04 Å². The van der Waals surface area contributed by atoms with Crippen LogP contribution >= 0.6 is 0 Å². The van der Waals surface area contributed by atoms with Crippen LogP contribution in [0.1, 0.15) is 60.7 Å². The molecule has 1 aromatic heterocycles. The van der Waals surface area contributed by atoms with E-state index in [1.165, 1.54) is 0 Å². The Hall–Kier alpha value is -3.36. The van der Waals surface area contributed by atoms with E-state index in [4.69, 9.17) is 4.74 Å². The number of hydrogen-bond acceptors (Lipinski definition) is 5. The molecular weight excluding hydrogens is 446 g/mol. The minimum Gasteiger partial charge on any atom is -0.494 e. The van der Waals surface area contributed by atoms with Crippen molar-refractivity contribution in [1.82, 2.24) is 25.3 Å². The van der Waals surface area contributed by atoms with E-state index in [1.54, 1.807) is 17.8 Å². The monoisotopic (exact) mass is 481 g/mol. The molecule has 4 rings (SSSR count). The number of piperidine rings is 1. The SMILES string of the molecule is Cc1ccc2cc1CNC(=O)C(c1cc(C)n(C)n1)NC(=O)CCC(=O)N1CCCC(CCO2)C1. The Kier molecular flexibility index (Phi) is 7.73. The molecule has 4 bridgehead atoms. The number of hydrogen-bond donors (Lipinski definition) is 2. The molecule has 188 valence electrons. The van der Waals surface area contributed by atoms with Gasteiger partial charge < -0.3 is 20.3 Å². The highest BCUT2D eigenvalue weighted by molar-refractivity contribution is 5.90. The van der Waals surface area contributed by atoms with Gasteiger partial charge in [0, 0.05) is 45.2 Å². The number of carbonyl (C=O) groups is 3. The van der Waals surface area contributed by atoms with Crippen molar-refractivity contribution < 1.29 is 19.1 Å². The van der Waals surface area contributed by atoms with Gasteiger partial charge in [-0.2, -0.15) is 5.10 Å². The normalized spacial score (nSPS) is 22.5. The molecule has 1 fully saturated rings. The van der Waals surface area contributed by atoms with Gasteiger partial charge in [0.25, 0.3) is 0 Å². The quantitative estimate of drug-likeness (QED) is 0.650. The fourth-order valence-electron chi connectivity index (χ4n) is 4.70. The molecule has 35 heavy (non-hydrogen) atoms. The van der Waals surface area contributed by atoms with E-state index < -0.39 is 6.04 Å². The number of aromatic nitrogens is 2. The summed E-state index contributed by atoms with van der Waals surface area (Å²) in [7, 11) is 1.79. The van der Waals surface area contributed by atoms with Gasteiger partial charge in [-0.3, -0.25) is 19.1 Å². The van der Waals surface area contributed by atoms with Gasteiger partial charge in [-0.05, 0) is 68.4 Å². The number of ether oxygens (including phenoxy) is 1. The Labute approximate surface area is 206 Å². The van der Waals surface area contributed by atoms with Crippen LogP contribution in [0.5, 0.6) is 5.75 Å². The van der Waals surface area contributed by atoms with Gasteiger partial charge in [-0.15, -0.1) is 0 Å². The summed E-state index contributed by atoms with van der Waals surface area (Å²) >= 11 is 0. The number of nitrogens with zero attached hydrogens (tertiary/aromatic N) is 3. The second-order valence-electron chi connectivity index (χ2n) is 9.63. The van der Waals surface area contributed by atoms with Crippen molar-refractivity contribution in [3.63, 3.8) is 0 Å². The zero-order valence-electron chi connectivity index (χ0n) is 20.8. The van der Waals surface area contributed by atoms with Gasteiger partial charge in [0.1, 0.15) is 5.75 Å². The highest BCUT2D eigenvalue weighted by Crippen LogP contribution is 2.23. The molecule has 0 saturated carbocycles. The smallest absolute Gasteiger partial charge is 0.249 e. The molecule has 2 N–H and O–H groups in total. The molecular formula is C26H35N5O4. The first-order chi connectivity index (χ1) is 16.8. The molecule has 9 nitrogen and oxygen atoms in total. The van der Waals surface area contributed by atoms with E-state index in [0.29, 0.717) is 31.3 Å². The number of fused-ring (bicyclic) bond motifs is 4. The Bertz CT molecular complexity index is 1080. The lowest BCUT2D eigenvalue weighted by Gasteiger charge is -2.33.